The van der Waals surface area contributed by atoms with Crippen LogP contribution in [-0.2, 0) is 4.74 Å². The van der Waals surface area contributed by atoms with Crippen molar-refractivity contribution in [3.05, 3.63) is 0 Å². The number of hydrogen-bond donors (Lipinski definition) is 1. The third-order valence-electron chi connectivity index (χ3n) is 2.59. The molecular formula is C12H28N2O. The van der Waals surface area contributed by atoms with Crippen LogP contribution in [0.1, 0.15) is 33.6 Å². The Morgan fingerprint density at radius 2 is 1.87 bits per heavy atom. The van der Waals surface area contributed by atoms with Crippen molar-refractivity contribution < 1.29 is 4.74 Å². The van der Waals surface area contributed by atoms with Gasteiger partial charge in [-0.1, -0.05) is 0 Å². The van der Waals surface area contributed by atoms with E-state index in [0.29, 0.717) is 12.1 Å². The molecule has 1 unspecified atom stereocenters. The van der Waals surface area contributed by atoms with E-state index < -0.39 is 0 Å². The molecule has 1 atom stereocenters. The average Bonchev–Trinajstić information content (AvgIpc) is 2.17. The molecule has 0 amide bonds. The van der Waals surface area contributed by atoms with Crippen molar-refractivity contribution in [3.8, 4) is 0 Å². The predicted octanol–water partition coefficient (Wildman–Crippen LogP) is 1.73. The molecule has 0 saturated heterocycles. The van der Waals surface area contributed by atoms with Crippen molar-refractivity contribution in [3.63, 3.8) is 0 Å². The molecule has 0 spiro atoms. The van der Waals surface area contributed by atoms with Crippen LogP contribution in [0.4, 0.5) is 0 Å². The quantitative estimate of drug-likeness (QED) is 0.635. The zero-order valence-corrected chi connectivity index (χ0v) is 11.0. The molecule has 1 N–H and O–H groups in total. The summed E-state index contributed by atoms with van der Waals surface area (Å²) in [5.41, 5.74) is 0. The Balaban J connectivity index is 3.29. The van der Waals surface area contributed by atoms with E-state index in [4.69, 9.17) is 4.74 Å². The normalized spacial score (nSPS) is 13.8. The number of hydrogen-bond acceptors (Lipinski definition) is 3. The summed E-state index contributed by atoms with van der Waals surface area (Å²) in [6, 6.07) is 0.630. The first kappa shape index (κ1) is 14.9. The van der Waals surface area contributed by atoms with Crippen molar-refractivity contribution in [1.29, 1.82) is 0 Å². The van der Waals surface area contributed by atoms with Crippen molar-refractivity contribution in [2.75, 3.05) is 33.8 Å². The van der Waals surface area contributed by atoms with E-state index in [1.807, 2.05) is 7.05 Å². The lowest BCUT2D eigenvalue weighted by molar-refractivity contribution is 0.0635. The third kappa shape index (κ3) is 10.2. The molecule has 0 aromatic carbocycles. The van der Waals surface area contributed by atoms with Gasteiger partial charge in [-0.25, -0.2) is 0 Å². The molecule has 3 heteroatoms. The largest absolute Gasteiger partial charge is 0.377 e. The highest BCUT2D eigenvalue weighted by Gasteiger charge is 2.01. The van der Waals surface area contributed by atoms with Crippen LogP contribution in [0.2, 0.25) is 0 Å². The maximum atomic E-state index is 5.51. The predicted molar refractivity (Wildman–Crippen MR) is 66.3 cm³/mol. The van der Waals surface area contributed by atoms with Crippen molar-refractivity contribution >= 4 is 0 Å². The number of likely N-dealkylation sites (N-methyl/N-ethyl adjacent to an activating group) is 1. The topological polar surface area (TPSA) is 24.5 Å². The summed E-state index contributed by atoms with van der Waals surface area (Å²) in [7, 11) is 4.18. The molecule has 0 bridgehead atoms. The molecule has 0 fully saturated rings. The first-order valence-corrected chi connectivity index (χ1v) is 6.03. The average molecular weight is 216 g/mol. The Morgan fingerprint density at radius 3 is 2.40 bits per heavy atom. The monoisotopic (exact) mass is 216 g/mol. The highest BCUT2D eigenvalue weighted by Crippen LogP contribution is 1.98. The fraction of sp³-hybridized carbons (Fsp3) is 1.00. The maximum absolute atomic E-state index is 5.51. The minimum absolute atomic E-state index is 0.350. The second-order valence-corrected chi connectivity index (χ2v) is 4.55. The molecule has 0 aromatic heterocycles. The van der Waals surface area contributed by atoms with Gasteiger partial charge in [0.15, 0.2) is 0 Å². The minimum Gasteiger partial charge on any atom is -0.377 e. The first-order chi connectivity index (χ1) is 7.06. The Kier molecular flexibility index (Phi) is 9.06. The van der Waals surface area contributed by atoms with E-state index >= 15 is 0 Å². The van der Waals surface area contributed by atoms with Crippen LogP contribution in [0.3, 0.4) is 0 Å². The van der Waals surface area contributed by atoms with Crippen LogP contribution in [0.25, 0.3) is 0 Å². The van der Waals surface area contributed by atoms with E-state index in [9.17, 15) is 0 Å². The second-order valence-electron chi connectivity index (χ2n) is 4.55. The Labute approximate surface area is 95.2 Å². The molecule has 0 heterocycles. The molecule has 0 rings (SSSR count). The smallest absolute Gasteiger partial charge is 0.0596 e. The molecule has 0 aliphatic rings. The van der Waals surface area contributed by atoms with E-state index in [1.54, 1.807) is 0 Å². The SMILES string of the molecule is CNC(C)CCCN(C)CCOC(C)C. The number of nitrogens with zero attached hydrogens (tertiary/aromatic N) is 1. The summed E-state index contributed by atoms with van der Waals surface area (Å²) in [5.74, 6) is 0. The maximum Gasteiger partial charge on any atom is 0.0596 e. The fourth-order valence-electron chi connectivity index (χ4n) is 1.37. The zero-order chi connectivity index (χ0) is 11.7. The van der Waals surface area contributed by atoms with Gasteiger partial charge < -0.3 is 15.0 Å². The van der Waals surface area contributed by atoms with Gasteiger partial charge in [0, 0.05) is 12.6 Å². The fourth-order valence-corrected chi connectivity index (χ4v) is 1.37. The summed E-state index contributed by atoms with van der Waals surface area (Å²) >= 11 is 0. The van der Waals surface area contributed by atoms with Crippen LogP contribution in [0.15, 0.2) is 0 Å². The highest BCUT2D eigenvalue weighted by molar-refractivity contribution is 4.59. The Bertz CT molecular complexity index is 140. The van der Waals surface area contributed by atoms with Crippen LogP contribution >= 0.6 is 0 Å². The van der Waals surface area contributed by atoms with Gasteiger partial charge in [-0.3, -0.25) is 0 Å². The van der Waals surface area contributed by atoms with Crippen LogP contribution in [0.5, 0.6) is 0 Å². The van der Waals surface area contributed by atoms with Gasteiger partial charge in [-0.15, -0.1) is 0 Å². The van der Waals surface area contributed by atoms with Crippen LogP contribution in [0, 0.1) is 0 Å². The number of rotatable bonds is 9. The van der Waals surface area contributed by atoms with Gasteiger partial charge in [-0.2, -0.15) is 0 Å². The first-order valence-electron chi connectivity index (χ1n) is 6.03. The van der Waals surface area contributed by atoms with Gasteiger partial charge in [0.2, 0.25) is 0 Å². The summed E-state index contributed by atoms with van der Waals surface area (Å²) in [5, 5.41) is 3.25. The molecule has 0 aliphatic heterocycles. The van der Waals surface area contributed by atoms with Gasteiger partial charge >= 0.3 is 0 Å². The molecule has 3 nitrogen and oxygen atoms in total. The molecule has 0 radical (unpaired) electrons. The second kappa shape index (κ2) is 9.13. The number of nitrogens with one attached hydrogen (secondary N) is 1. The highest BCUT2D eigenvalue weighted by atomic mass is 16.5. The zero-order valence-electron chi connectivity index (χ0n) is 11.0. The van der Waals surface area contributed by atoms with Gasteiger partial charge in [0.05, 0.1) is 12.7 Å². The Hall–Kier alpha value is -0.120. The molecule has 0 aliphatic carbocycles. The van der Waals surface area contributed by atoms with Crippen LogP contribution < -0.4 is 5.32 Å². The van der Waals surface area contributed by atoms with Gasteiger partial charge in [-0.05, 0) is 54.3 Å². The van der Waals surface area contributed by atoms with E-state index in [-0.39, 0.29) is 0 Å². The van der Waals surface area contributed by atoms with E-state index in [0.717, 1.165) is 19.7 Å². The molecular weight excluding hydrogens is 188 g/mol. The standard InChI is InChI=1S/C12H28N2O/c1-11(2)15-10-9-14(5)8-6-7-12(3)13-4/h11-13H,6-10H2,1-5H3. The third-order valence-corrected chi connectivity index (χ3v) is 2.59. The lowest BCUT2D eigenvalue weighted by Gasteiger charge is -2.18. The van der Waals surface area contributed by atoms with Crippen molar-refractivity contribution in [2.24, 2.45) is 0 Å². The molecule has 0 aromatic rings. The van der Waals surface area contributed by atoms with E-state index in [2.05, 4.69) is 38.0 Å². The van der Waals surface area contributed by atoms with E-state index in [1.165, 1.54) is 12.8 Å². The van der Waals surface area contributed by atoms with Crippen LogP contribution in [-0.4, -0.2) is 50.8 Å². The summed E-state index contributed by atoms with van der Waals surface area (Å²) < 4.78 is 5.51. The summed E-state index contributed by atoms with van der Waals surface area (Å²) in [6.45, 7) is 9.42. The van der Waals surface area contributed by atoms with Gasteiger partial charge in [0.1, 0.15) is 0 Å². The lowest BCUT2D eigenvalue weighted by Crippen LogP contribution is -2.27. The lowest BCUT2D eigenvalue weighted by atomic mass is 10.2. The molecule has 15 heavy (non-hydrogen) atoms. The van der Waals surface area contributed by atoms with Crippen molar-refractivity contribution in [2.45, 2.75) is 45.8 Å². The van der Waals surface area contributed by atoms with Crippen molar-refractivity contribution in [1.82, 2.24) is 10.2 Å². The summed E-state index contributed by atoms with van der Waals surface area (Å²) in [6.07, 6.45) is 2.84. The Morgan fingerprint density at radius 1 is 1.20 bits per heavy atom. The number of ether oxygens (including phenoxy) is 1. The molecule has 92 valence electrons. The summed E-state index contributed by atoms with van der Waals surface area (Å²) in [4.78, 5) is 2.34. The minimum atomic E-state index is 0.350. The van der Waals surface area contributed by atoms with Gasteiger partial charge in [0.25, 0.3) is 0 Å². The molecule has 0 saturated carbocycles.